The highest BCUT2D eigenvalue weighted by Gasteiger charge is 2.20. The highest BCUT2D eigenvalue weighted by Crippen LogP contribution is 2.25. The normalized spacial score (nSPS) is 19.6. The SMILES string of the molecule is CN1CCCC(c2cccc(Cc3cccc(F)c3)n2)C1. The first-order valence-electron chi connectivity index (χ1n) is 7.59. The highest BCUT2D eigenvalue weighted by molar-refractivity contribution is 5.24. The van der Waals surface area contributed by atoms with E-state index in [1.54, 1.807) is 12.1 Å². The second-order valence-corrected chi connectivity index (χ2v) is 5.96. The zero-order valence-electron chi connectivity index (χ0n) is 12.4. The van der Waals surface area contributed by atoms with Gasteiger partial charge in [-0.2, -0.15) is 0 Å². The molecule has 1 aromatic carbocycles. The van der Waals surface area contributed by atoms with Crippen LogP contribution in [-0.2, 0) is 6.42 Å². The van der Waals surface area contributed by atoms with E-state index in [0.717, 1.165) is 17.8 Å². The van der Waals surface area contributed by atoms with Crippen molar-refractivity contribution in [3.63, 3.8) is 0 Å². The Morgan fingerprint density at radius 3 is 2.90 bits per heavy atom. The zero-order valence-corrected chi connectivity index (χ0v) is 12.4. The summed E-state index contributed by atoms with van der Waals surface area (Å²) in [5.41, 5.74) is 3.17. The molecule has 2 nitrogen and oxygen atoms in total. The van der Waals surface area contributed by atoms with Gasteiger partial charge in [-0.1, -0.05) is 18.2 Å². The van der Waals surface area contributed by atoms with Crippen molar-refractivity contribution in [2.75, 3.05) is 20.1 Å². The van der Waals surface area contributed by atoms with Crippen molar-refractivity contribution in [3.8, 4) is 0 Å². The standard InChI is InChI=1S/C18H21FN2/c1-21-10-4-6-15(13-21)18-9-3-8-17(20-18)12-14-5-2-7-16(19)11-14/h2-3,5,7-9,11,15H,4,6,10,12-13H2,1H3. The first-order valence-corrected chi connectivity index (χ1v) is 7.59. The smallest absolute Gasteiger partial charge is 0.123 e. The molecule has 110 valence electrons. The number of nitrogens with zero attached hydrogens (tertiary/aromatic N) is 2. The van der Waals surface area contributed by atoms with Gasteiger partial charge in [0.25, 0.3) is 0 Å². The van der Waals surface area contributed by atoms with E-state index in [4.69, 9.17) is 4.98 Å². The number of likely N-dealkylation sites (N-methyl/N-ethyl adjacent to an activating group) is 1. The van der Waals surface area contributed by atoms with E-state index in [2.05, 4.69) is 24.1 Å². The maximum atomic E-state index is 13.3. The molecule has 3 rings (SSSR count). The summed E-state index contributed by atoms with van der Waals surface area (Å²) in [4.78, 5) is 7.18. The third-order valence-corrected chi connectivity index (χ3v) is 4.15. The Morgan fingerprint density at radius 2 is 2.10 bits per heavy atom. The molecule has 21 heavy (non-hydrogen) atoms. The molecule has 1 saturated heterocycles. The summed E-state index contributed by atoms with van der Waals surface area (Å²) >= 11 is 0. The van der Waals surface area contributed by atoms with E-state index in [1.165, 1.54) is 31.1 Å². The summed E-state index contributed by atoms with van der Waals surface area (Å²) in [6.45, 7) is 2.26. The van der Waals surface area contributed by atoms with Crippen molar-refractivity contribution < 1.29 is 4.39 Å². The van der Waals surface area contributed by atoms with Crippen molar-refractivity contribution in [3.05, 3.63) is 65.2 Å². The number of hydrogen-bond acceptors (Lipinski definition) is 2. The van der Waals surface area contributed by atoms with Gasteiger partial charge in [0.2, 0.25) is 0 Å². The maximum Gasteiger partial charge on any atom is 0.123 e. The van der Waals surface area contributed by atoms with Crippen LogP contribution in [-0.4, -0.2) is 30.0 Å². The molecule has 2 aromatic rings. The quantitative estimate of drug-likeness (QED) is 0.856. The third-order valence-electron chi connectivity index (χ3n) is 4.15. The number of aromatic nitrogens is 1. The van der Waals surface area contributed by atoms with E-state index >= 15 is 0 Å². The van der Waals surface area contributed by atoms with Crippen molar-refractivity contribution in [1.82, 2.24) is 9.88 Å². The largest absolute Gasteiger partial charge is 0.306 e. The number of benzene rings is 1. The third kappa shape index (κ3) is 3.67. The molecule has 0 radical (unpaired) electrons. The molecule has 1 unspecified atom stereocenters. The summed E-state index contributed by atoms with van der Waals surface area (Å²) in [6, 6.07) is 13.0. The molecule has 3 heteroatoms. The molecule has 1 aromatic heterocycles. The lowest BCUT2D eigenvalue weighted by Crippen LogP contribution is -2.31. The van der Waals surface area contributed by atoms with Crippen molar-refractivity contribution in [2.45, 2.75) is 25.2 Å². The molecule has 1 aliphatic rings. The topological polar surface area (TPSA) is 16.1 Å². The van der Waals surface area contributed by atoms with Crippen LogP contribution in [0.3, 0.4) is 0 Å². The molecule has 1 aliphatic heterocycles. The van der Waals surface area contributed by atoms with Crippen molar-refractivity contribution in [2.24, 2.45) is 0 Å². The molecule has 1 fully saturated rings. The van der Waals surface area contributed by atoms with Crippen LogP contribution in [0.5, 0.6) is 0 Å². The van der Waals surface area contributed by atoms with Gasteiger partial charge in [-0.05, 0) is 56.3 Å². The minimum atomic E-state index is -0.183. The minimum Gasteiger partial charge on any atom is -0.306 e. The Kier molecular flexibility index (Phi) is 4.30. The molecule has 0 N–H and O–H groups in total. The predicted molar refractivity (Wildman–Crippen MR) is 82.9 cm³/mol. The van der Waals surface area contributed by atoms with Crippen LogP contribution in [0.2, 0.25) is 0 Å². The highest BCUT2D eigenvalue weighted by atomic mass is 19.1. The summed E-state index contributed by atoms with van der Waals surface area (Å²) in [5.74, 6) is 0.341. The van der Waals surface area contributed by atoms with Gasteiger partial charge in [0.05, 0.1) is 0 Å². The summed E-state index contributed by atoms with van der Waals surface area (Å²) < 4.78 is 13.3. The Labute approximate surface area is 125 Å². The van der Waals surface area contributed by atoms with Gasteiger partial charge in [-0.3, -0.25) is 4.98 Å². The van der Waals surface area contributed by atoms with Gasteiger partial charge >= 0.3 is 0 Å². The van der Waals surface area contributed by atoms with Gasteiger partial charge in [0.1, 0.15) is 5.82 Å². The van der Waals surface area contributed by atoms with E-state index in [1.807, 2.05) is 12.1 Å². The maximum absolute atomic E-state index is 13.3. The van der Waals surface area contributed by atoms with Gasteiger partial charge in [0.15, 0.2) is 0 Å². The predicted octanol–water partition coefficient (Wildman–Crippen LogP) is 3.62. The molecule has 0 amide bonds. The minimum absolute atomic E-state index is 0.183. The van der Waals surface area contributed by atoms with Crippen LogP contribution in [0.1, 0.15) is 35.7 Å². The number of likely N-dealkylation sites (tertiary alicyclic amines) is 1. The zero-order chi connectivity index (χ0) is 14.7. The second kappa shape index (κ2) is 6.35. The van der Waals surface area contributed by atoms with Gasteiger partial charge in [-0.25, -0.2) is 4.39 Å². The number of rotatable bonds is 3. The average molecular weight is 284 g/mol. The molecule has 0 bridgehead atoms. The fourth-order valence-electron chi connectivity index (χ4n) is 3.09. The number of piperidine rings is 1. The van der Waals surface area contributed by atoms with Crippen LogP contribution in [0.4, 0.5) is 4.39 Å². The molecular weight excluding hydrogens is 263 g/mol. The summed E-state index contributed by atoms with van der Waals surface area (Å²) in [7, 11) is 2.17. The Bertz CT molecular complexity index is 612. The van der Waals surface area contributed by atoms with Crippen LogP contribution >= 0.6 is 0 Å². The van der Waals surface area contributed by atoms with Crippen molar-refractivity contribution in [1.29, 1.82) is 0 Å². The molecule has 0 spiro atoms. The Balaban J connectivity index is 1.76. The number of halogens is 1. The number of hydrogen-bond donors (Lipinski definition) is 0. The molecule has 0 aliphatic carbocycles. The Hall–Kier alpha value is -1.74. The Morgan fingerprint density at radius 1 is 1.24 bits per heavy atom. The second-order valence-electron chi connectivity index (χ2n) is 5.96. The van der Waals surface area contributed by atoms with Gasteiger partial charge < -0.3 is 4.90 Å². The summed E-state index contributed by atoms with van der Waals surface area (Å²) in [6.07, 6.45) is 3.13. The van der Waals surface area contributed by atoms with Crippen LogP contribution in [0.25, 0.3) is 0 Å². The van der Waals surface area contributed by atoms with Crippen LogP contribution in [0, 0.1) is 5.82 Å². The molecule has 2 heterocycles. The van der Waals surface area contributed by atoms with E-state index in [-0.39, 0.29) is 5.82 Å². The lowest BCUT2D eigenvalue weighted by Gasteiger charge is -2.29. The lowest BCUT2D eigenvalue weighted by atomic mass is 9.94. The fourth-order valence-corrected chi connectivity index (χ4v) is 3.09. The molecule has 0 saturated carbocycles. The van der Waals surface area contributed by atoms with E-state index in [9.17, 15) is 4.39 Å². The van der Waals surface area contributed by atoms with Crippen LogP contribution < -0.4 is 0 Å². The first-order chi connectivity index (χ1) is 10.2. The van der Waals surface area contributed by atoms with E-state index in [0.29, 0.717) is 12.3 Å². The summed E-state index contributed by atoms with van der Waals surface area (Å²) in [5, 5.41) is 0. The monoisotopic (exact) mass is 284 g/mol. The molecular formula is C18H21FN2. The van der Waals surface area contributed by atoms with Crippen molar-refractivity contribution >= 4 is 0 Å². The average Bonchev–Trinajstić information content (AvgIpc) is 2.47. The first kappa shape index (κ1) is 14.2. The van der Waals surface area contributed by atoms with Crippen LogP contribution in [0.15, 0.2) is 42.5 Å². The van der Waals surface area contributed by atoms with Gasteiger partial charge in [0, 0.05) is 30.3 Å². The van der Waals surface area contributed by atoms with E-state index < -0.39 is 0 Å². The molecule has 1 atom stereocenters. The van der Waals surface area contributed by atoms with Gasteiger partial charge in [-0.15, -0.1) is 0 Å². The fraction of sp³-hybridized carbons (Fsp3) is 0.389. The lowest BCUT2D eigenvalue weighted by molar-refractivity contribution is 0.248. The number of pyridine rings is 1.